The van der Waals surface area contributed by atoms with Gasteiger partial charge in [0.1, 0.15) is 6.04 Å². The molecule has 3 aromatic carbocycles. The van der Waals surface area contributed by atoms with Crippen LogP contribution >= 0.6 is 11.8 Å². The minimum absolute atomic E-state index is 0.0120. The quantitative estimate of drug-likeness (QED) is 0.319. The molecule has 0 spiro atoms. The van der Waals surface area contributed by atoms with E-state index in [4.69, 9.17) is 5.73 Å². The number of carbonyl (C=O) groups is 2. The molecule has 3 aromatic rings. The van der Waals surface area contributed by atoms with Crippen molar-refractivity contribution in [3.8, 4) is 11.1 Å². The van der Waals surface area contributed by atoms with Crippen molar-refractivity contribution in [2.24, 2.45) is 5.73 Å². The zero-order valence-electron chi connectivity index (χ0n) is 25.0. The highest BCUT2D eigenvalue weighted by atomic mass is 32.2. The monoisotopic (exact) mass is 648 g/mol. The summed E-state index contributed by atoms with van der Waals surface area (Å²) in [6.07, 6.45) is -4.57. The molecule has 13 heteroatoms. The average molecular weight is 649 g/mol. The van der Waals surface area contributed by atoms with E-state index in [-0.39, 0.29) is 27.8 Å². The van der Waals surface area contributed by atoms with E-state index in [1.54, 1.807) is 63.2 Å². The lowest BCUT2D eigenvalue weighted by atomic mass is 10.0. The number of sulfonamides is 1. The van der Waals surface area contributed by atoms with Crippen molar-refractivity contribution in [2.75, 3.05) is 10.7 Å². The first kappa shape index (κ1) is 33.5. The summed E-state index contributed by atoms with van der Waals surface area (Å²) in [6.45, 7) is 8.21. The third kappa shape index (κ3) is 7.81. The van der Waals surface area contributed by atoms with Crippen molar-refractivity contribution < 1.29 is 31.2 Å². The van der Waals surface area contributed by atoms with Crippen LogP contribution in [0, 0.1) is 0 Å². The number of carbonyl (C=O) groups excluding carboxylic acids is 2. The molecule has 0 saturated heterocycles. The van der Waals surface area contributed by atoms with Crippen molar-refractivity contribution in [1.29, 1.82) is 0 Å². The minimum Gasteiger partial charge on any atom is -0.342 e. The van der Waals surface area contributed by atoms with Gasteiger partial charge in [-0.15, -0.1) is 11.8 Å². The van der Waals surface area contributed by atoms with Gasteiger partial charge in [-0.1, -0.05) is 42.5 Å². The lowest BCUT2D eigenvalue weighted by molar-refractivity contribution is -0.137. The summed E-state index contributed by atoms with van der Waals surface area (Å²) in [5.74, 6) is -1.06. The smallest absolute Gasteiger partial charge is 0.342 e. The Labute approximate surface area is 259 Å². The molecule has 4 N–H and O–H groups in total. The molecule has 0 aliphatic carbocycles. The van der Waals surface area contributed by atoms with Crippen molar-refractivity contribution in [2.45, 2.75) is 74.3 Å². The minimum atomic E-state index is -4.57. The highest BCUT2D eigenvalue weighted by molar-refractivity contribution is 7.99. The van der Waals surface area contributed by atoms with Gasteiger partial charge in [0.25, 0.3) is 5.91 Å². The molecule has 0 unspecified atom stereocenters. The van der Waals surface area contributed by atoms with E-state index in [1.165, 1.54) is 30.9 Å². The molecule has 1 atom stereocenters. The number of nitrogens with two attached hydrogens (primary N) is 1. The highest BCUT2D eigenvalue weighted by Gasteiger charge is 2.37. The van der Waals surface area contributed by atoms with Gasteiger partial charge in [-0.05, 0) is 70.0 Å². The third-order valence-electron chi connectivity index (χ3n) is 6.66. The first-order chi connectivity index (χ1) is 20.3. The van der Waals surface area contributed by atoms with Gasteiger partial charge in [-0.2, -0.15) is 13.2 Å². The van der Waals surface area contributed by atoms with E-state index in [9.17, 15) is 31.2 Å². The molecule has 1 heterocycles. The molecular weight excluding hydrogens is 613 g/mol. The zero-order valence-corrected chi connectivity index (χ0v) is 26.6. The summed E-state index contributed by atoms with van der Waals surface area (Å²) in [6, 6.07) is 15.6. The summed E-state index contributed by atoms with van der Waals surface area (Å²) in [5.41, 5.74) is 5.11. The SMILES string of the molecule is CC(C)(C)NS(=O)(=O)c1ccccc1-c1ccc(CN2C(=O)[C@H](NC(=O)C(C)(C)N)CSc3cc(C(F)(F)F)ccc32)cc1. The van der Waals surface area contributed by atoms with Gasteiger partial charge in [0.2, 0.25) is 15.9 Å². The second-order valence-electron chi connectivity index (χ2n) is 12.2. The Balaban J connectivity index is 1.69. The fourth-order valence-corrected chi connectivity index (χ4v) is 7.32. The van der Waals surface area contributed by atoms with E-state index in [0.717, 1.165) is 23.9 Å². The molecule has 2 amide bonds. The van der Waals surface area contributed by atoms with Gasteiger partial charge in [0.15, 0.2) is 0 Å². The van der Waals surface area contributed by atoms with Crippen LogP contribution in [0.4, 0.5) is 18.9 Å². The number of rotatable bonds is 7. The van der Waals surface area contributed by atoms with Crippen LogP contribution in [-0.4, -0.2) is 43.1 Å². The maximum Gasteiger partial charge on any atom is 0.416 e. The second-order valence-corrected chi connectivity index (χ2v) is 14.9. The molecule has 0 fully saturated rings. The fraction of sp³-hybridized carbons (Fsp3) is 0.355. The zero-order chi connectivity index (χ0) is 32.7. The predicted octanol–water partition coefficient (Wildman–Crippen LogP) is 5.31. The summed E-state index contributed by atoms with van der Waals surface area (Å²) >= 11 is 1.05. The van der Waals surface area contributed by atoms with Crippen LogP contribution < -0.4 is 20.7 Å². The molecule has 8 nitrogen and oxygen atoms in total. The van der Waals surface area contributed by atoms with Crippen LogP contribution in [0.3, 0.4) is 0 Å². The van der Waals surface area contributed by atoms with Gasteiger partial charge in [0.05, 0.1) is 28.2 Å². The summed E-state index contributed by atoms with van der Waals surface area (Å²) in [7, 11) is -3.84. The summed E-state index contributed by atoms with van der Waals surface area (Å²) < 4.78 is 69.5. The molecule has 4 rings (SSSR count). The Bertz CT molecular complexity index is 1660. The number of hydrogen-bond acceptors (Lipinski definition) is 6. The van der Waals surface area contributed by atoms with Crippen LogP contribution in [0.15, 0.2) is 76.5 Å². The molecule has 1 aliphatic rings. The number of thioether (sulfide) groups is 1. The molecule has 236 valence electrons. The summed E-state index contributed by atoms with van der Waals surface area (Å²) in [5, 5.41) is 2.65. The lowest BCUT2D eigenvalue weighted by Gasteiger charge is -2.28. The van der Waals surface area contributed by atoms with Gasteiger partial charge in [-0.25, -0.2) is 13.1 Å². The van der Waals surface area contributed by atoms with Crippen molar-refractivity contribution in [1.82, 2.24) is 10.0 Å². The van der Waals surface area contributed by atoms with E-state index >= 15 is 0 Å². The number of fused-ring (bicyclic) bond motifs is 1. The molecule has 0 aromatic heterocycles. The Morgan fingerprint density at radius 1 is 1.00 bits per heavy atom. The highest BCUT2D eigenvalue weighted by Crippen LogP contribution is 2.40. The molecule has 1 aliphatic heterocycles. The van der Waals surface area contributed by atoms with E-state index in [0.29, 0.717) is 16.7 Å². The third-order valence-corrected chi connectivity index (χ3v) is 9.61. The predicted molar refractivity (Wildman–Crippen MR) is 166 cm³/mol. The Morgan fingerprint density at radius 3 is 2.23 bits per heavy atom. The number of nitrogens with one attached hydrogen (secondary N) is 2. The van der Waals surface area contributed by atoms with Crippen LogP contribution in [0.2, 0.25) is 0 Å². The van der Waals surface area contributed by atoms with Crippen LogP contribution in [0.5, 0.6) is 0 Å². The Kier molecular flexibility index (Phi) is 9.28. The van der Waals surface area contributed by atoms with E-state index < -0.39 is 50.7 Å². The Hall–Kier alpha value is -3.39. The summed E-state index contributed by atoms with van der Waals surface area (Å²) in [4.78, 5) is 28.1. The average Bonchev–Trinajstić information content (AvgIpc) is 3.03. The first-order valence-electron chi connectivity index (χ1n) is 13.7. The number of hydrogen-bond donors (Lipinski definition) is 3. The first-order valence-corrected chi connectivity index (χ1v) is 16.2. The topological polar surface area (TPSA) is 122 Å². The molecule has 0 bridgehead atoms. The lowest BCUT2D eigenvalue weighted by Crippen LogP contribution is -2.56. The number of benzene rings is 3. The standard InChI is InChI=1S/C31H35F3N4O4S2/c1-29(2,3)37-44(41,42)26-9-7-6-8-22(26)20-12-10-19(11-13-20)17-38-24-15-14-21(31(32,33)34)16-25(24)43-18-23(27(38)39)36-28(40)30(4,5)35/h6-16,23,37H,17-18,35H2,1-5H3,(H,36,40)/t23-/m1/s1. The van der Waals surface area contributed by atoms with Crippen LogP contribution in [0.1, 0.15) is 45.7 Å². The van der Waals surface area contributed by atoms with Gasteiger partial charge in [-0.3, -0.25) is 9.59 Å². The maximum atomic E-state index is 13.8. The largest absolute Gasteiger partial charge is 0.416 e. The number of nitrogens with zero attached hydrogens (tertiary/aromatic N) is 1. The maximum absolute atomic E-state index is 13.8. The Morgan fingerprint density at radius 2 is 1.64 bits per heavy atom. The van der Waals surface area contributed by atoms with Crippen molar-refractivity contribution in [3.63, 3.8) is 0 Å². The molecule has 44 heavy (non-hydrogen) atoms. The molecular formula is C31H35F3N4O4S2. The number of alkyl halides is 3. The second kappa shape index (κ2) is 12.2. The number of halogens is 3. The van der Waals surface area contributed by atoms with Gasteiger partial charge >= 0.3 is 6.18 Å². The van der Waals surface area contributed by atoms with E-state index in [1.807, 2.05) is 0 Å². The number of anilines is 1. The van der Waals surface area contributed by atoms with Crippen molar-refractivity contribution >= 4 is 39.3 Å². The van der Waals surface area contributed by atoms with Crippen LogP contribution in [0.25, 0.3) is 11.1 Å². The van der Waals surface area contributed by atoms with Gasteiger partial charge in [0, 0.05) is 21.8 Å². The van der Waals surface area contributed by atoms with Crippen molar-refractivity contribution in [3.05, 3.63) is 77.9 Å². The normalized spacial score (nSPS) is 16.3. The molecule has 0 radical (unpaired) electrons. The number of amides is 2. The van der Waals surface area contributed by atoms with E-state index in [2.05, 4.69) is 10.0 Å². The van der Waals surface area contributed by atoms with Gasteiger partial charge < -0.3 is 16.0 Å². The fourth-order valence-electron chi connectivity index (χ4n) is 4.56. The molecule has 0 saturated carbocycles. The van der Waals surface area contributed by atoms with Crippen LogP contribution in [-0.2, 0) is 32.3 Å².